The third-order valence-corrected chi connectivity index (χ3v) is 3.97. The molecule has 2 fully saturated rings. The van der Waals surface area contributed by atoms with Crippen molar-refractivity contribution in [1.29, 1.82) is 0 Å². The number of nitrogens with zero attached hydrogens (tertiary/aromatic N) is 1. The molecule has 17 heavy (non-hydrogen) atoms. The lowest BCUT2D eigenvalue weighted by atomic mass is 9.99. The van der Waals surface area contributed by atoms with Gasteiger partial charge in [0.1, 0.15) is 0 Å². The zero-order valence-corrected chi connectivity index (χ0v) is 11.0. The van der Waals surface area contributed by atoms with Crippen molar-refractivity contribution in [3.63, 3.8) is 0 Å². The van der Waals surface area contributed by atoms with Gasteiger partial charge in [-0.15, -0.1) is 0 Å². The summed E-state index contributed by atoms with van der Waals surface area (Å²) in [6.45, 7) is 7.05. The molecule has 1 aliphatic carbocycles. The van der Waals surface area contributed by atoms with Crippen LogP contribution in [0.1, 0.15) is 39.5 Å². The highest BCUT2D eigenvalue weighted by Gasteiger charge is 2.32. The minimum atomic E-state index is -0.0730. The second kappa shape index (κ2) is 5.36. The van der Waals surface area contributed by atoms with Crippen molar-refractivity contribution >= 4 is 5.91 Å². The highest BCUT2D eigenvalue weighted by atomic mass is 16.5. The highest BCUT2D eigenvalue weighted by molar-refractivity contribution is 5.81. The van der Waals surface area contributed by atoms with E-state index in [0.717, 1.165) is 13.1 Å². The van der Waals surface area contributed by atoms with E-state index in [-0.39, 0.29) is 17.5 Å². The summed E-state index contributed by atoms with van der Waals surface area (Å²) in [6, 6.07) is -0.0730. The number of carbonyl (C=O) groups is 1. The van der Waals surface area contributed by atoms with Gasteiger partial charge in [-0.1, -0.05) is 12.8 Å². The number of ether oxygens (including phenoxy) is 1. The first-order valence-electron chi connectivity index (χ1n) is 6.75. The Labute approximate surface area is 104 Å². The molecule has 1 unspecified atom stereocenters. The minimum absolute atomic E-state index is 0.0730. The van der Waals surface area contributed by atoms with E-state index in [1.54, 1.807) is 0 Å². The Morgan fingerprint density at radius 3 is 2.47 bits per heavy atom. The molecule has 0 aromatic carbocycles. The largest absolute Gasteiger partial charge is 0.378 e. The number of nitrogens with one attached hydrogen (secondary N) is 1. The summed E-state index contributed by atoms with van der Waals surface area (Å²) in [5, 5.41) is 3.52. The van der Waals surface area contributed by atoms with Crippen molar-refractivity contribution in [2.24, 2.45) is 0 Å². The Kier molecular flexibility index (Phi) is 4.05. The molecule has 0 aromatic rings. The number of amides is 1. The van der Waals surface area contributed by atoms with Gasteiger partial charge in [-0.05, 0) is 26.7 Å². The Morgan fingerprint density at radius 2 is 1.88 bits per heavy atom. The van der Waals surface area contributed by atoms with Crippen LogP contribution in [0.2, 0.25) is 0 Å². The van der Waals surface area contributed by atoms with Gasteiger partial charge in [-0.3, -0.25) is 4.79 Å². The number of hydrogen-bond acceptors (Lipinski definition) is 3. The molecule has 1 atom stereocenters. The molecule has 0 bridgehead atoms. The van der Waals surface area contributed by atoms with Gasteiger partial charge in [-0.25, -0.2) is 0 Å². The average molecular weight is 240 g/mol. The topological polar surface area (TPSA) is 41.6 Å². The van der Waals surface area contributed by atoms with Crippen LogP contribution in [0.15, 0.2) is 0 Å². The van der Waals surface area contributed by atoms with Gasteiger partial charge in [0.15, 0.2) is 0 Å². The van der Waals surface area contributed by atoms with E-state index in [1.165, 1.54) is 25.7 Å². The lowest BCUT2D eigenvalue weighted by Gasteiger charge is -2.34. The van der Waals surface area contributed by atoms with Crippen LogP contribution >= 0.6 is 0 Å². The summed E-state index contributed by atoms with van der Waals surface area (Å²) in [5.41, 5.74) is 0.168. The molecular formula is C13H24N2O2. The fraction of sp³-hybridized carbons (Fsp3) is 0.923. The lowest BCUT2D eigenvalue weighted by molar-refractivity contribution is -0.137. The summed E-state index contributed by atoms with van der Waals surface area (Å²) < 4.78 is 5.27. The maximum atomic E-state index is 12.2. The van der Waals surface area contributed by atoms with Gasteiger partial charge in [0.25, 0.3) is 0 Å². The maximum Gasteiger partial charge on any atom is 0.239 e. The number of rotatable bonds is 3. The van der Waals surface area contributed by atoms with Gasteiger partial charge in [-0.2, -0.15) is 0 Å². The van der Waals surface area contributed by atoms with Crippen molar-refractivity contribution in [2.45, 2.75) is 51.1 Å². The van der Waals surface area contributed by atoms with E-state index in [0.29, 0.717) is 13.2 Å². The van der Waals surface area contributed by atoms with Crippen molar-refractivity contribution < 1.29 is 9.53 Å². The predicted octanol–water partition coefficient (Wildman–Crippen LogP) is 1.16. The Hall–Kier alpha value is -0.610. The van der Waals surface area contributed by atoms with Crippen LogP contribution in [-0.2, 0) is 9.53 Å². The van der Waals surface area contributed by atoms with Crippen LogP contribution in [0.5, 0.6) is 0 Å². The molecule has 1 aliphatic heterocycles. The third-order valence-electron chi connectivity index (χ3n) is 3.97. The fourth-order valence-corrected chi connectivity index (χ4v) is 2.94. The van der Waals surface area contributed by atoms with Gasteiger partial charge in [0.05, 0.1) is 19.3 Å². The SMILES string of the molecule is CC(NC1(C)CCCC1)C(=O)N1CCOCC1. The van der Waals surface area contributed by atoms with Crippen LogP contribution in [0.25, 0.3) is 0 Å². The molecule has 4 nitrogen and oxygen atoms in total. The number of hydrogen-bond donors (Lipinski definition) is 1. The van der Waals surface area contributed by atoms with Crippen LogP contribution in [0.3, 0.4) is 0 Å². The number of morpholine rings is 1. The van der Waals surface area contributed by atoms with E-state index in [4.69, 9.17) is 4.74 Å². The zero-order valence-electron chi connectivity index (χ0n) is 11.0. The molecule has 2 rings (SSSR count). The molecule has 1 amide bonds. The van der Waals surface area contributed by atoms with E-state index in [1.807, 2.05) is 11.8 Å². The lowest BCUT2D eigenvalue weighted by Crippen LogP contribution is -2.54. The highest BCUT2D eigenvalue weighted by Crippen LogP contribution is 2.29. The van der Waals surface area contributed by atoms with Crippen molar-refractivity contribution in [3.05, 3.63) is 0 Å². The first-order chi connectivity index (χ1) is 8.11. The van der Waals surface area contributed by atoms with Gasteiger partial charge >= 0.3 is 0 Å². The average Bonchev–Trinajstić information content (AvgIpc) is 2.76. The first kappa shape index (κ1) is 12.8. The molecule has 2 aliphatic rings. The molecule has 0 radical (unpaired) electrons. The van der Waals surface area contributed by atoms with Crippen LogP contribution in [-0.4, -0.2) is 48.7 Å². The van der Waals surface area contributed by atoms with Crippen LogP contribution in [0.4, 0.5) is 0 Å². The molecule has 1 heterocycles. The van der Waals surface area contributed by atoms with E-state index in [9.17, 15) is 4.79 Å². The Balaban J connectivity index is 1.85. The van der Waals surface area contributed by atoms with Crippen LogP contribution < -0.4 is 5.32 Å². The normalized spacial score (nSPS) is 25.9. The second-order valence-electron chi connectivity index (χ2n) is 5.57. The Bertz CT molecular complexity index is 269. The second-order valence-corrected chi connectivity index (χ2v) is 5.57. The predicted molar refractivity (Wildman–Crippen MR) is 66.9 cm³/mol. The Morgan fingerprint density at radius 1 is 1.29 bits per heavy atom. The molecule has 98 valence electrons. The quantitative estimate of drug-likeness (QED) is 0.805. The van der Waals surface area contributed by atoms with E-state index >= 15 is 0 Å². The minimum Gasteiger partial charge on any atom is -0.378 e. The molecule has 1 N–H and O–H groups in total. The van der Waals surface area contributed by atoms with E-state index < -0.39 is 0 Å². The molecule has 1 saturated heterocycles. The molecule has 0 aromatic heterocycles. The standard InChI is InChI=1S/C13H24N2O2/c1-11(14-13(2)5-3-4-6-13)12(16)15-7-9-17-10-8-15/h11,14H,3-10H2,1-2H3. The van der Waals surface area contributed by atoms with Crippen molar-refractivity contribution in [3.8, 4) is 0 Å². The zero-order chi connectivity index (χ0) is 12.3. The van der Waals surface area contributed by atoms with Gasteiger partial charge in [0.2, 0.25) is 5.91 Å². The monoisotopic (exact) mass is 240 g/mol. The van der Waals surface area contributed by atoms with Gasteiger partial charge in [0, 0.05) is 18.6 Å². The maximum absolute atomic E-state index is 12.2. The smallest absolute Gasteiger partial charge is 0.239 e. The molecular weight excluding hydrogens is 216 g/mol. The molecule has 0 spiro atoms. The summed E-state index contributed by atoms with van der Waals surface area (Å²) in [6.07, 6.45) is 4.94. The summed E-state index contributed by atoms with van der Waals surface area (Å²) in [7, 11) is 0. The summed E-state index contributed by atoms with van der Waals surface area (Å²) in [4.78, 5) is 14.2. The van der Waals surface area contributed by atoms with Gasteiger partial charge < -0.3 is 15.0 Å². The summed E-state index contributed by atoms with van der Waals surface area (Å²) >= 11 is 0. The molecule has 1 saturated carbocycles. The number of carbonyl (C=O) groups excluding carboxylic acids is 1. The summed E-state index contributed by atoms with van der Waals surface area (Å²) in [5.74, 6) is 0.224. The third kappa shape index (κ3) is 3.19. The van der Waals surface area contributed by atoms with Crippen molar-refractivity contribution in [2.75, 3.05) is 26.3 Å². The van der Waals surface area contributed by atoms with E-state index in [2.05, 4.69) is 12.2 Å². The fourth-order valence-electron chi connectivity index (χ4n) is 2.94. The first-order valence-corrected chi connectivity index (χ1v) is 6.75. The van der Waals surface area contributed by atoms with Crippen molar-refractivity contribution in [1.82, 2.24) is 10.2 Å². The molecule has 4 heteroatoms. The van der Waals surface area contributed by atoms with Crippen LogP contribution in [0, 0.1) is 0 Å².